The fourth-order valence-corrected chi connectivity index (χ4v) is 4.09. The molecule has 0 saturated carbocycles. The van der Waals surface area contributed by atoms with E-state index in [9.17, 15) is 28.9 Å². The molecule has 1 saturated heterocycles. The number of nitrogens with zero attached hydrogens (tertiary/aromatic N) is 3. The number of anilines is 1. The normalized spacial score (nSPS) is 16.7. The molecule has 3 aromatic rings. The average molecular weight is 446 g/mol. The highest BCUT2D eigenvalue weighted by atomic mass is 19.1. The Morgan fingerprint density at radius 1 is 1.12 bits per heavy atom. The zero-order valence-electron chi connectivity index (χ0n) is 17.2. The SMILES string of the molecule is O=C(NC(CO)(CO)CO)c1cnn2ccc(N3CCC[C@@H]3c3cc(F)cc(F)c3)cc12. The molecule has 10 heteroatoms. The lowest BCUT2D eigenvalue weighted by Crippen LogP contribution is -2.57. The molecule has 1 atom stereocenters. The molecule has 0 aliphatic carbocycles. The minimum absolute atomic E-state index is 0.194. The summed E-state index contributed by atoms with van der Waals surface area (Å²) in [6, 6.07) is 6.87. The number of rotatable bonds is 7. The van der Waals surface area contributed by atoms with Gasteiger partial charge in [0.15, 0.2) is 0 Å². The highest BCUT2D eigenvalue weighted by molar-refractivity contribution is 6.01. The van der Waals surface area contributed by atoms with E-state index in [-0.39, 0.29) is 11.6 Å². The number of halogens is 2. The van der Waals surface area contributed by atoms with Crippen LogP contribution in [0.25, 0.3) is 5.52 Å². The van der Waals surface area contributed by atoms with Crippen LogP contribution < -0.4 is 10.2 Å². The number of hydrogen-bond donors (Lipinski definition) is 4. The highest BCUT2D eigenvalue weighted by Crippen LogP contribution is 2.37. The molecule has 1 aliphatic heterocycles. The van der Waals surface area contributed by atoms with Crippen molar-refractivity contribution in [3.05, 3.63) is 65.5 Å². The molecular formula is C22H24F2N4O4. The third-order valence-corrected chi connectivity index (χ3v) is 5.89. The zero-order valence-corrected chi connectivity index (χ0v) is 17.2. The zero-order chi connectivity index (χ0) is 22.9. The Hall–Kier alpha value is -3.08. The summed E-state index contributed by atoms with van der Waals surface area (Å²) < 4.78 is 29.1. The van der Waals surface area contributed by atoms with Crippen LogP contribution in [0.1, 0.15) is 34.8 Å². The van der Waals surface area contributed by atoms with Crippen LogP contribution in [0.4, 0.5) is 14.5 Å². The van der Waals surface area contributed by atoms with Crippen LogP contribution >= 0.6 is 0 Å². The minimum atomic E-state index is -1.57. The first kappa shape index (κ1) is 22.1. The predicted molar refractivity (Wildman–Crippen MR) is 112 cm³/mol. The summed E-state index contributed by atoms with van der Waals surface area (Å²) in [5.41, 5.74) is 0.407. The Morgan fingerprint density at radius 2 is 1.81 bits per heavy atom. The molecule has 0 radical (unpaired) electrons. The molecule has 8 nitrogen and oxygen atoms in total. The van der Waals surface area contributed by atoms with Crippen LogP contribution in [0.15, 0.2) is 42.7 Å². The number of benzene rings is 1. The van der Waals surface area contributed by atoms with Crippen molar-refractivity contribution in [2.45, 2.75) is 24.4 Å². The minimum Gasteiger partial charge on any atom is -0.394 e. The smallest absolute Gasteiger partial charge is 0.255 e. The molecule has 2 aromatic heterocycles. The quantitative estimate of drug-likeness (QED) is 0.437. The summed E-state index contributed by atoms with van der Waals surface area (Å²) in [6.07, 6.45) is 4.61. The summed E-state index contributed by atoms with van der Waals surface area (Å²) in [5, 5.41) is 35.1. The van der Waals surface area contributed by atoms with E-state index in [1.165, 1.54) is 22.8 Å². The molecular weight excluding hydrogens is 422 g/mol. The molecule has 3 heterocycles. The fourth-order valence-electron chi connectivity index (χ4n) is 4.09. The highest BCUT2D eigenvalue weighted by Gasteiger charge is 2.32. The topological polar surface area (TPSA) is 110 Å². The standard InChI is InChI=1S/C22H24F2N4O4/c23-15-6-14(7-16(24)8-15)19-2-1-4-27(19)17-3-5-28-20(9-17)18(10-25-28)21(32)26-22(11-29,12-30)13-31/h3,5-10,19,29-31H,1-2,4,11-13H2,(H,26,32)/t19-/m1/s1. The number of carbonyl (C=O) groups is 1. The lowest BCUT2D eigenvalue weighted by atomic mass is 10.0. The van der Waals surface area contributed by atoms with Gasteiger partial charge in [0.1, 0.15) is 17.2 Å². The average Bonchev–Trinajstić information content (AvgIpc) is 3.43. The summed E-state index contributed by atoms with van der Waals surface area (Å²) in [7, 11) is 0. The van der Waals surface area contributed by atoms with Crippen molar-refractivity contribution in [1.29, 1.82) is 0 Å². The summed E-state index contributed by atoms with van der Waals surface area (Å²) in [6.45, 7) is -1.25. The number of fused-ring (bicyclic) bond motifs is 1. The van der Waals surface area contributed by atoms with Crippen molar-refractivity contribution in [1.82, 2.24) is 14.9 Å². The summed E-state index contributed by atoms with van der Waals surface area (Å²) in [4.78, 5) is 14.8. The largest absolute Gasteiger partial charge is 0.394 e. The third-order valence-electron chi connectivity index (χ3n) is 5.89. The summed E-state index contributed by atoms with van der Waals surface area (Å²) in [5.74, 6) is -1.87. The van der Waals surface area contributed by atoms with Crippen molar-refractivity contribution in [3.8, 4) is 0 Å². The monoisotopic (exact) mass is 446 g/mol. The molecule has 170 valence electrons. The van der Waals surface area contributed by atoms with E-state index in [0.29, 0.717) is 17.6 Å². The molecule has 1 aliphatic rings. The van der Waals surface area contributed by atoms with Gasteiger partial charge >= 0.3 is 0 Å². The third kappa shape index (κ3) is 4.04. The fraction of sp³-hybridized carbons (Fsp3) is 0.364. The van der Waals surface area contributed by atoms with Gasteiger partial charge in [-0.15, -0.1) is 0 Å². The number of pyridine rings is 1. The van der Waals surface area contributed by atoms with Gasteiger partial charge in [-0.25, -0.2) is 13.3 Å². The number of aromatic nitrogens is 2. The predicted octanol–water partition coefficient (Wildman–Crippen LogP) is 1.40. The number of amides is 1. The van der Waals surface area contributed by atoms with E-state index < -0.39 is 42.9 Å². The molecule has 4 rings (SSSR count). The first-order valence-corrected chi connectivity index (χ1v) is 10.2. The van der Waals surface area contributed by atoms with E-state index in [2.05, 4.69) is 10.4 Å². The van der Waals surface area contributed by atoms with Gasteiger partial charge in [0.05, 0.1) is 43.1 Å². The second kappa shape index (κ2) is 8.81. The Bertz CT molecular complexity index is 1100. The van der Waals surface area contributed by atoms with Crippen LogP contribution in [-0.4, -0.2) is 62.7 Å². The molecule has 4 N–H and O–H groups in total. The van der Waals surface area contributed by atoms with Gasteiger partial charge < -0.3 is 25.5 Å². The molecule has 1 amide bonds. The number of hydrogen-bond acceptors (Lipinski definition) is 6. The molecule has 32 heavy (non-hydrogen) atoms. The molecule has 1 aromatic carbocycles. The maximum absolute atomic E-state index is 13.8. The lowest BCUT2D eigenvalue weighted by molar-refractivity contribution is 0.0376. The van der Waals surface area contributed by atoms with Gasteiger partial charge in [-0.3, -0.25) is 4.79 Å². The number of nitrogens with one attached hydrogen (secondary N) is 1. The maximum atomic E-state index is 13.8. The molecule has 0 unspecified atom stereocenters. The lowest BCUT2D eigenvalue weighted by Gasteiger charge is -2.28. The first-order chi connectivity index (χ1) is 15.4. The van der Waals surface area contributed by atoms with Crippen molar-refractivity contribution in [2.24, 2.45) is 0 Å². The van der Waals surface area contributed by atoms with Crippen LogP contribution in [0.2, 0.25) is 0 Å². The van der Waals surface area contributed by atoms with E-state index in [1.807, 2.05) is 11.0 Å². The Morgan fingerprint density at radius 3 is 2.47 bits per heavy atom. The maximum Gasteiger partial charge on any atom is 0.255 e. The van der Waals surface area contributed by atoms with Crippen molar-refractivity contribution in [3.63, 3.8) is 0 Å². The summed E-state index contributed by atoms with van der Waals surface area (Å²) >= 11 is 0. The second-order valence-corrected chi connectivity index (χ2v) is 8.04. The van der Waals surface area contributed by atoms with E-state index >= 15 is 0 Å². The first-order valence-electron chi connectivity index (χ1n) is 10.2. The number of aliphatic hydroxyl groups is 3. The number of aliphatic hydroxyl groups excluding tert-OH is 3. The van der Waals surface area contributed by atoms with Gasteiger partial charge in [-0.2, -0.15) is 5.10 Å². The van der Waals surface area contributed by atoms with Gasteiger partial charge in [-0.05, 0) is 42.7 Å². The molecule has 1 fully saturated rings. The van der Waals surface area contributed by atoms with Gasteiger partial charge in [0, 0.05) is 24.5 Å². The van der Waals surface area contributed by atoms with Gasteiger partial charge in [-0.1, -0.05) is 0 Å². The van der Waals surface area contributed by atoms with Crippen molar-refractivity contribution >= 4 is 17.1 Å². The van der Waals surface area contributed by atoms with Crippen LogP contribution in [0, 0.1) is 11.6 Å². The van der Waals surface area contributed by atoms with E-state index in [4.69, 9.17) is 0 Å². The Kier molecular flexibility index (Phi) is 6.09. The molecule has 0 bridgehead atoms. The van der Waals surface area contributed by atoms with Crippen molar-refractivity contribution < 1.29 is 28.9 Å². The Balaban J connectivity index is 1.67. The van der Waals surface area contributed by atoms with Gasteiger partial charge in [0.25, 0.3) is 5.91 Å². The second-order valence-electron chi connectivity index (χ2n) is 8.04. The Labute approximate surface area is 182 Å². The van der Waals surface area contributed by atoms with Crippen LogP contribution in [0.5, 0.6) is 0 Å². The van der Waals surface area contributed by atoms with E-state index in [0.717, 1.165) is 24.6 Å². The molecule has 0 spiro atoms. The number of carbonyl (C=O) groups excluding carboxylic acids is 1. The van der Waals surface area contributed by atoms with Crippen LogP contribution in [0.3, 0.4) is 0 Å². The van der Waals surface area contributed by atoms with Crippen molar-refractivity contribution in [2.75, 3.05) is 31.3 Å². The van der Waals surface area contributed by atoms with Gasteiger partial charge in [0.2, 0.25) is 0 Å². The van der Waals surface area contributed by atoms with E-state index in [1.54, 1.807) is 12.3 Å². The van der Waals surface area contributed by atoms with Crippen LogP contribution in [-0.2, 0) is 0 Å².